The molecule has 0 aliphatic heterocycles. The fourth-order valence-electron chi connectivity index (χ4n) is 3.93. The van der Waals surface area contributed by atoms with Crippen LogP contribution in [0.2, 0.25) is 0 Å². The number of rotatable bonds is 18. The number of carboxylic acid groups (broad SMARTS) is 1. The van der Waals surface area contributed by atoms with Crippen molar-refractivity contribution in [3.8, 4) is 0 Å². The number of carboxylic acids is 1. The lowest BCUT2D eigenvalue weighted by atomic mass is 9.88. The van der Waals surface area contributed by atoms with Gasteiger partial charge in [-0.3, -0.25) is 9.35 Å². The predicted molar refractivity (Wildman–Crippen MR) is 122 cm³/mol. The summed E-state index contributed by atoms with van der Waals surface area (Å²) >= 11 is 0. The molecule has 1 atom stereocenters. The lowest BCUT2D eigenvalue weighted by molar-refractivity contribution is -0.137. The summed E-state index contributed by atoms with van der Waals surface area (Å²) < 4.78 is 31.8. The molecule has 0 bridgehead atoms. The van der Waals surface area contributed by atoms with E-state index in [0.717, 1.165) is 56.9 Å². The summed E-state index contributed by atoms with van der Waals surface area (Å²) in [5.74, 6) is -0.300. The molecule has 30 heavy (non-hydrogen) atoms. The molecule has 5 nitrogen and oxygen atoms in total. The maximum Gasteiger partial charge on any atom is 0.303 e. The molecule has 0 saturated heterocycles. The Labute approximate surface area is 183 Å². The van der Waals surface area contributed by atoms with Crippen LogP contribution in [-0.2, 0) is 14.9 Å². The van der Waals surface area contributed by atoms with E-state index in [1.54, 1.807) is 0 Å². The molecule has 0 radical (unpaired) electrons. The van der Waals surface area contributed by atoms with Crippen molar-refractivity contribution in [3.05, 3.63) is 29.8 Å². The Hall–Kier alpha value is -1.40. The van der Waals surface area contributed by atoms with Gasteiger partial charge >= 0.3 is 5.97 Å². The van der Waals surface area contributed by atoms with Gasteiger partial charge in [0.1, 0.15) is 0 Å². The monoisotopic (exact) mass is 440 g/mol. The van der Waals surface area contributed by atoms with E-state index in [2.05, 4.69) is 6.92 Å². The highest BCUT2D eigenvalue weighted by Crippen LogP contribution is 2.29. The van der Waals surface area contributed by atoms with Crippen molar-refractivity contribution < 1.29 is 22.9 Å². The summed E-state index contributed by atoms with van der Waals surface area (Å²) in [6.07, 6.45) is 16.2. The second kappa shape index (κ2) is 15.4. The largest absolute Gasteiger partial charge is 0.481 e. The molecule has 1 aromatic rings. The molecular weight excluding hydrogens is 400 g/mol. The van der Waals surface area contributed by atoms with Gasteiger partial charge in [-0.05, 0) is 42.9 Å². The Balaban J connectivity index is 2.47. The van der Waals surface area contributed by atoms with Crippen LogP contribution in [0.25, 0.3) is 0 Å². The van der Waals surface area contributed by atoms with Gasteiger partial charge in [0.25, 0.3) is 10.1 Å². The molecule has 0 spiro atoms. The first kappa shape index (κ1) is 26.6. The zero-order chi connectivity index (χ0) is 22.2. The molecule has 0 fully saturated rings. The quantitative estimate of drug-likeness (QED) is 0.190. The average Bonchev–Trinajstić information content (AvgIpc) is 2.70. The number of aliphatic carboxylic acids is 1. The van der Waals surface area contributed by atoms with Gasteiger partial charge in [0.2, 0.25) is 0 Å². The van der Waals surface area contributed by atoms with Gasteiger partial charge in [0.15, 0.2) is 0 Å². The van der Waals surface area contributed by atoms with E-state index in [1.807, 2.05) is 12.1 Å². The third kappa shape index (κ3) is 12.3. The SMILES string of the molecule is CCCCCCCCC(CCCCCCCCC(=O)O)c1ccc(S(=O)(=O)O)cc1. The summed E-state index contributed by atoms with van der Waals surface area (Å²) in [4.78, 5) is 10.5. The number of carbonyl (C=O) groups is 1. The van der Waals surface area contributed by atoms with E-state index in [4.69, 9.17) is 5.11 Å². The lowest BCUT2D eigenvalue weighted by Gasteiger charge is -2.18. The van der Waals surface area contributed by atoms with E-state index >= 15 is 0 Å². The Morgan fingerprint density at radius 3 is 1.73 bits per heavy atom. The molecule has 0 saturated carbocycles. The van der Waals surface area contributed by atoms with Crippen molar-refractivity contribution in [2.45, 2.75) is 114 Å². The average molecular weight is 441 g/mol. The molecule has 6 heteroatoms. The van der Waals surface area contributed by atoms with Gasteiger partial charge < -0.3 is 5.11 Å². The number of benzene rings is 1. The smallest absolute Gasteiger partial charge is 0.303 e. The topological polar surface area (TPSA) is 91.7 Å². The van der Waals surface area contributed by atoms with Crippen LogP contribution in [0.4, 0.5) is 0 Å². The zero-order valence-corrected chi connectivity index (χ0v) is 19.3. The van der Waals surface area contributed by atoms with Crippen molar-refractivity contribution in [1.82, 2.24) is 0 Å². The lowest BCUT2D eigenvalue weighted by Crippen LogP contribution is -2.02. The third-order valence-electron chi connectivity index (χ3n) is 5.75. The first-order valence-corrected chi connectivity index (χ1v) is 13.1. The van der Waals surface area contributed by atoms with Crippen LogP contribution in [-0.4, -0.2) is 24.0 Å². The molecule has 0 heterocycles. The van der Waals surface area contributed by atoms with Crippen LogP contribution in [0.3, 0.4) is 0 Å². The van der Waals surface area contributed by atoms with Crippen molar-refractivity contribution in [2.75, 3.05) is 0 Å². The minimum absolute atomic E-state index is 0.0501. The minimum atomic E-state index is -4.15. The number of hydrogen-bond donors (Lipinski definition) is 2. The molecule has 0 aromatic heterocycles. The maximum absolute atomic E-state index is 11.3. The molecule has 1 rings (SSSR count). The van der Waals surface area contributed by atoms with Crippen LogP contribution in [0.1, 0.15) is 115 Å². The van der Waals surface area contributed by atoms with E-state index < -0.39 is 16.1 Å². The highest BCUT2D eigenvalue weighted by atomic mass is 32.2. The van der Waals surface area contributed by atoms with E-state index in [1.165, 1.54) is 50.7 Å². The molecule has 1 aromatic carbocycles. The molecule has 0 amide bonds. The standard InChI is InChI=1S/C24H40O5S/c1-2-3-4-5-8-11-14-21(15-12-9-6-7-10-13-16-24(25)26)22-17-19-23(20-18-22)30(27,28)29/h17-21H,2-16H2,1H3,(H,25,26)(H,27,28,29). The van der Waals surface area contributed by atoms with Gasteiger partial charge in [-0.15, -0.1) is 0 Å². The van der Waals surface area contributed by atoms with Gasteiger partial charge in [-0.2, -0.15) is 8.42 Å². The summed E-state index contributed by atoms with van der Waals surface area (Å²) in [5, 5.41) is 8.67. The van der Waals surface area contributed by atoms with E-state index in [-0.39, 0.29) is 11.3 Å². The van der Waals surface area contributed by atoms with Crippen molar-refractivity contribution in [2.24, 2.45) is 0 Å². The first-order valence-electron chi connectivity index (χ1n) is 11.6. The van der Waals surface area contributed by atoms with Crippen molar-refractivity contribution >= 4 is 16.1 Å². The highest BCUT2D eigenvalue weighted by Gasteiger charge is 2.14. The fourth-order valence-corrected chi connectivity index (χ4v) is 4.41. The summed E-state index contributed by atoms with van der Waals surface area (Å²) in [5.41, 5.74) is 1.15. The van der Waals surface area contributed by atoms with Crippen LogP contribution < -0.4 is 0 Å². The van der Waals surface area contributed by atoms with Gasteiger partial charge in [-0.1, -0.05) is 89.7 Å². The van der Waals surface area contributed by atoms with E-state index in [0.29, 0.717) is 5.92 Å². The highest BCUT2D eigenvalue weighted by molar-refractivity contribution is 7.85. The van der Waals surface area contributed by atoms with Gasteiger partial charge in [-0.25, -0.2) is 0 Å². The van der Waals surface area contributed by atoms with Crippen LogP contribution >= 0.6 is 0 Å². The Morgan fingerprint density at radius 1 is 0.800 bits per heavy atom. The Kier molecular flexibility index (Phi) is 13.7. The Bertz CT molecular complexity index is 682. The van der Waals surface area contributed by atoms with Crippen LogP contribution in [0.15, 0.2) is 29.2 Å². The molecular formula is C24H40O5S. The minimum Gasteiger partial charge on any atom is -0.481 e. The summed E-state index contributed by atoms with van der Waals surface area (Å²) in [6.45, 7) is 2.22. The molecule has 0 aliphatic rings. The summed E-state index contributed by atoms with van der Waals surface area (Å²) in [7, 11) is -4.15. The number of hydrogen-bond acceptors (Lipinski definition) is 3. The Morgan fingerprint density at radius 2 is 1.27 bits per heavy atom. The van der Waals surface area contributed by atoms with Crippen LogP contribution in [0, 0.1) is 0 Å². The normalized spacial score (nSPS) is 12.7. The molecule has 172 valence electrons. The zero-order valence-electron chi connectivity index (χ0n) is 18.5. The molecule has 2 N–H and O–H groups in total. The summed E-state index contributed by atoms with van der Waals surface area (Å²) in [6, 6.07) is 6.69. The van der Waals surface area contributed by atoms with Gasteiger partial charge in [0.05, 0.1) is 4.90 Å². The second-order valence-electron chi connectivity index (χ2n) is 8.35. The first-order chi connectivity index (χ1) is 14.3. The van der Waals surface area contributed by atoms with Crippen LogP contribution in [0.5, 0.6) is 0 Å². The second-order valence-corrected chi connectivity index (χ2v) is 9.77. The number of unbranched alkanes of at least 4 members (excludes halogenated alkanes) is 10. The van der Waals surface area contributed by atoms with Gasteiger partial charge in [0, 0.05) is 6.42 Å². The fraction of sp³-hybridized carbons (Fsp3) is 0.708. The molecule has 0 aliphatic carbocycles. The van der Waals surface area contributed by atoms with E-state index in [9.17, 15) is 17.8 Å². The predicted octanol–water partition coefficient (Wildman–Crippen LogP) is 6.97. The molecule has 1 unspecified atom stereocenters. The van der Waals surface area contributed by atoms with Crippen molar-refractivity contribution in [1.29, 1.82) is 0 Å². The van der Waals surface area contributed by atoms with Crippen molar-refractivity contribution in [3.63, 3.8) is 0 Å². The third-order valence-corrected chi connectivity index (χ3v) is 6.62. The maximum atomic E-state index is 11.3.